The number of hydrogen-bond donors (Lipinski definition) is 0. The van der Waals surface area contributed by atoms with E-state index < -0.39 is 0 Å². The molecule has 1 fully saturated rings. The van der Waals surface area contributed by atoms with Crippen LogP contribution in [0.25, 0.3) is 0 Å². The van der Waals surface area contributed by atoms with Gasteiger partial charge in [-0.25, -0.2) is 0 Å². The van der Waals surface area contributed by atoms with Gasteiger partial charge in [0.15, 0.2) is 0 Å². The molecule has 0 aliphatic carbocycles. The summed E-state index contributed by atoms with van der Waals surface area (Å²) in [7, 11) is 0. The van der Waals surface area contributed by atoms with Crippen LogP contribution in [0.3, 0.4) is 0 Å². The molecule has 0 N–H and O–H groups in total. The highest BCUT2D eigenvalue weighted by Gasteiger charge is 2.22. The van der Waals surface area contributed by atoms with Gasteiger partial charge < -0.3 is 9.64 Å². The Hall–Kier alpha value is -1.01. The van der Waals surface area contributed by atoms with Crippen LogP contribution in [-0.2, 0) is 9.53 Å². The van der Waals surface area contributed by atoms with Gasteiger partial charge in [-0.3, -0.25) is 4.79 Å². The van der Waals surface area contributed by atoms with Crippen molar-refractivity contribution in [1.29, 1.82) is 0 Å². The third-order valence-corrected chi connectivity index (χ3v) is 2.19. The van der Waals surface area contributed by atoms with E-state index in [0.717, 1.165) is 19.4 Å². The van der Waals surface area contributed by atoms with E-state index in [1.165, 1.54) is 0 Å². The number of amides is 1. The minimum Gasteiger partial charge on any atom is -0.377 e. The largest absolute Gasteiger partial charge is 0.377 e. The molecule has 72 valence electrons. The van der Waals surface area contributed by atoms with E-state index in [2.05, 4.69) is 5.92 Å². The number of rotatable bonds is 2. The fourth-order valence-corrected chi connectivity index (χ4v) is 1.59. The smallest absolute Gasteiger partial charge is 0.298 e. The monoisotopic (exact) mass is 181 g/mol. The third kappa shape index (κ3) is 2.74. The van der Waals surface area contributed by atoms with Crippen molar-refractivity contribution in [2.45, 2.75) is 25.9 Å². The van der Waals surface area contributed by atoms with Crippen LogP contribution in [-0.4, -0.2) is 36.6 Å². The average Bonchev–Trinajstić information content (AvgIpc) is 2.18. The zero-order valence-electron chi connectivity index (χ0n) is 7.95. The molecule has 1 atom stereocenters. The van der Waals surface area contributed by atoms with Gasteiger partial charge in [-0.1, -0.05) is 0 Å². The van der Waals surface area contributed by atoms with Crippen molar-refractivity contribution in [3.8, 4) is 12.3 Å². The lowest BCUT2D eigenvalue weighted by Crippen LogP contribution is -2.42. The van der Waals surface area contributed by atoms with Gasteiger partial charge in [0, 0.05) is 19.7 Å². The lowest BCUT2D eigenvalue weighted by Gasteiger charge is -2.31. The Morgan fingerprint density at radius 3 is 3.15 bits per heavy atom. The Morgan fingerprint density at radius 2 is 2.54 bits per heavy atom. The molecule has 1 unspecified atom stereocenters. The van der Waals surface area contributed by atoms with Gasteiger partial charge in [-0.05, 0) is 25.7 Å². The molecule has 0 saturated carbocycles. The Morgan fingerprint density at radius 1 is 1.77 bits per heavy atom. The average molecular weight is 181 g/mol. The summed E-state index contributed by atoms with van der Waals surface area (Å²) in [6.07, 6.45) is 7.23. The number of terminal acetylenes is 1. The molecule has 3 heteroatoms. The van der Waals surface area contributed by atoms with Gasteiger partial charge in [-0.2, -0.15) is 0 Å². The van der Waals surface area contributed by atoms with Gasteiger partial charge in [0.25, 0.3) is 5.91 Å². The summed E-state index contributed by atoms with van der Waals surface area (Å²) >= 11 is 0. The fourth-order valence-electron chi connectivity index (χ4n) is 1.59. The van der Waals surface area contributed by atoms with Gasteiger partial charge in [0.1, 0.15) is 0 Å². The number of ether oxygens (including phenoxy) is 1. The number of hydrogen-bond acceptors (Lipinski definition) is 2. The highest BCUT2D eigenvalue weighted by Crippen LogP contribution is 2.12. The number of carbonyl (C=O) groups is 1. The van der Waals surface area contributed by atoms with E-state index in [1.54, 1.807) is 4.90 Å². The quantitative estimate of drug-likeness (QED) is 0.585. The summed E-state index contributed by atoms with van der Waals surface area (Å²) in [6.45, 7) is 4.08. The van der Waals surface area contributed by atoms with E-state index in [1.807, 2.05) is 6.92 Å². The summed E-state index contributed by atoms with van der Waals surface area (Å²) in [6, 6.07) is 0. The highest BCUT2D eigenvalue weighted by molar-refractivity contribution is 5.92. The predicted molar refractivity (Wildman–Crippen MR) is 50.1 cm³/mol. The number of carbonyl (C=O) groups excluding carboxylic acids is 1. The van der Waals surface area contributed by atoms with Crippen LogP contribution in [0.4, 0.5) is 0 Å². The maximum atomic E-state index is 11.2. The Labute approximate surface area is 79.1 Å². The Balaban J connectivity index is 2.42. The Bertz CT molecular complexity index is 217. The van der Waals surface area contributed by atoms with Crippen LogP contribution in [0.1, 0.15) is 19.8 Å². The summed E-state index contributed by atoms with van der Waals surface area (Å²) in [5.41, 5.74) is 0. The number of piperidine rings is 1. The van der Waals surface area contributed by atoms with E-state index in [4.69, 9.17) is 11.2 Å². The maximum Gasteiger partial charge on any atom is 0.298 e. The second-order valence-corrected chi connectivity index (χ2v) is 3.12. The van der Waals surface area contributed by atoms with Crippen molar-refractivity contribution in [2.24, 2.45) is 0 Å². The molecule has 13 heavy (non-hydrogen) atoms. The van der Waals surface area contributed by atoms with Crippen LogP contribution in [0.5, 0.6) is 0 Å². The van der Waals surface area contributed by atoms with Gasteiger partial charge in [0.2, 0.25) is 0 Å². The maximum absolute atomic E-state index is 11.2. The molecule has 0 aromatic carbocycles. The van der Waals surface area contributed by atoms with Crippen molar-refractivity contribution >= 4 is 5.91 Å². The van der Waals surface area contributed by atoms with Crippen molar-refractivity contribution in [3.63, 3.8) is 0 Å². The first kappa shape index (κ1) is 10.1. The molecule has 1 heterocycles. The second kappa shape index (κ2) is 4.88. The molecule has 0 radical (unpaired) electrons. The van der Waals surface area contributed by atoms with Crippen molar-refractivity contribution in [2.75, 3.05) is 19.7 Å². The zero-order valence-corrected chi connectivity index (χ0v) is 7.95. The predicted octanol–water partition coefficient (Wildman–Crippen LogP) is 0.647. The van der Waals surface area contributed by atoms with Crippen molar-refractivity contribution in [3.05, 3.63) is 0 Å². The van der Waals surface area contributed by atoms with E-state index in [0.29, 0.717) is 13.2 Å². The van der Waals surface area contributed by atoms with E-state index in [9.17, 15) is 4.79 Å². The first-order chi connectivity index (χ1) is 6.27. The normalized spacial score (nSPS) is 22.5. The highest BCUT2D eigenvalue weighted by atomic mass is 16.5. The molecule has 1 aliphatic rings. The molecule has 0 spiro atoms. The Kier molecular flexibility index (Phi) is 3.78. The second-order valence-electron chi connectivity index (χ2n) is 3.12. The van der Waals surface area contributed by atoms with Crippen LogP contribution in [0.2, 0.25) is 0 Å². The zero-order chi connectivity index (χ0) is 9.68. The molecular formula is C10H15NO2. The molecule has 0 aromatic heterocycles. The van der Waals surface area contributed by atoms with Gasteiger partial charge in [0.05, 0.1) is 6.10 Å². The van der Waals surface area contributed by atoms with Gasteiger partial charge in [-0.15, -0.1) is 6.42 Å². The number of likely N-dealkylation sites (tertiary alicyclic amines) is 1. The molecular weight excluding hydrogens is 166 g/mol. The minimum atomic E-state index is -0.218. The summed E-state index contributed by atoms with van der Waals surface area (Å²) < 4.78 is 5.45. The molecule has 3 nitrogen and oxygen atoms in total. The standard InChI is InChI=1S/C10H15NO2/c1-3-10(12)11-7-5-6-9(8-11)13-4-2/h1,9H,4-8H2,2H3. The molecule has 0 bridgehead atoms. The van der Waals surface area contributed by atoms with Crippen LogP contribution >= 0.6 is 0 Å². The fraction of sp³-hybridized carbons (Fsp3) is 0.700. The van der Waals surface area contributed by atoms with E-state index >= 15 is 0 Å². The SMILES string of the molecule is C#CC(=O)N1CCCC(OCC)C1. The first-order valence-electron chi connectivity index (χ1n) is 4.65. The summed E-state index contributed by atoms with van der Waals surface area (Å²) in [4.78, 5) is 12.8. The van der Waals surface area contributed by atoms with Crippen LogP contribution in [0.15, 0.2) is 0 Å². The lowest BCUT2D eigenvalue weighted by atomic mass is 10.1. The molecule has 0 aromatic rings. The molecule has 1 amide bonds. The van der Waals surface area contributed by atoms with Crippen LogP contribution in [0, 0.1) is 12.3 Å². The van der Waals surface area contributed by atoms with Crippen LogP contribution < -0.4 is 0 Å². The topological polar surface area (TPSA) is 29.5 Å². The number of nitrogens with zero attached hydrogens (tertiary/aromatic N) is 1. The van der Waals surface area contributed by atoms with Crippen molar-refractivity contribution in [1.82, 2.24) is 4.90 Å². The lowest BCUT2D eigenvalue weighted by molar-refractivity contribution is -0.129. The minimum absolute atomic E-state index is 0.177. The first-order valence-corrected chi connectivity index (χ1v) is 4.65. The summed E-state index contributed by atoms with van der Waals surface area (Å²) in [5.74, 6) is 1.91. The molecule has 1 saturated heterocycles. The molecule has 1 aliphatic heterocycles. The third-order valence-electron chi connectivity index (χ3n) is 2.19. The van der Waals surface area contributed by atoms with E-state index in [-0.39, 0.29) is 12.0 Å². The van der Waals surface area contributed by atoms with Gasteiger partial charge >= 0.3 is 0 Å². The van der Waals surface area contributed by atoms with Crippen molar-refractivity contribution < 1.29 is 9.53 Å². The molecule has 1 rings (SSSR count). The summed E-state index contributed by atoms with van der Waals surface area (Å²) in [5, 5.41) is 0.